The summed E-state index contributed by atoms with van der Waals surface area (Å²) >= 11 is 0. The van der Waals surface area contributed by atoms with Crippen molar-refractivity contribution >= 4 is 29.8 Å². The third kappa shape index (κ3) is 5.00. The molecule has 0 aliphatic carbocycles. The Bertz CT molecular complexity index is 1190. The van der Waals surface area contributed by atoms with Gasteiger partial charge < -0.3 is 15.5 Å². The zero-order chi connectivity index (χ0) is 23.2. The zero-order valence-electron chi connectivity index (χ0n) is 18.3. The van der Waals surface area contributed by atoms with E-state index in [9.17, 15) is 9.59 Å². The van der Waals surface area contributed by atoms with Crippen LogP contribution in [0.4, 0.5) is 5.69 Å². The van der Waals surface area contributed by atoms with E-state index in [1.54, 1.807) is 12.3 Å². The number of dihydropyridines is 1. The molecular weight excluding hydrogens is 416 g/mol. The monoisotopic (exact) mass is 440 g/mol. The molecule has 3 aliphatic heterocycles. The number of pyridine rings is 1. The van der Waals surface area contributed by atoms with Crippen molar-refractivity contribution in [1.82, 2.24) is 15.2 Å². The standard InChI is InChI=1S/C25H24N6O2/c1-2-18-12-22-23(30-24(18)16-32)11-17(13-28-22)15-31-9-5-19(6-10-31)20-3-4-21(29-14-20)25(33)27-8-7-26/h3-5,9,11-14,21,30H,2,6,8,10,15H2,1H3,(H,27,33). The lowest BCUT2D eigenvalue weighted by molar-refractivity contribution is -0.121. The molecule has 1 amide bonds. The van der Waals surface area contributed by atoms with Crippen LogP contribution in [0.15, 0.2) is 64.1 Å². The number of aliphatic imine (C=N–C) groups is 1. The summed E-state index contributed by atoms with van der Waals surface area (Å²) in [5.74, 6) is 1.71. The van der Waals surface area contributed by atoms with E-state index < -0.39 is 6.04 Å². The quantitative estimate of drug-likeness (QED) is 0.538. The number of carbonyl (C=O) groups excluding carboxylic acids is 2. The van der Waals surface area contributed by atoms with Crippen LogP contribution in [-0.4, -0.2) is 47.1 Å². The van der Waals surface area contributed by atoms with Crippen LogP contribution in [0, 0.1) is 11.3 Å². The Balaban J connectivity index is 1.40. The number of nitriles is 1. The van der Waals surface area contributed by atoms with Crippen molar-refractivity contribution in [3.63, 3.8) is 0 Å². The van der Waals surface area contributed by atoms with Crippen LogP contribution in [0.25, 0.3) is 6.08 Å². The molecule has 166 valence electrons. The highest BCUT2D eigenvalue weighted by atomic mass is 16.2. The molecule has 1 aromatic rings. The van der Waals surface area contributed by atoms with Crippen molar-refractivity contribution < 1.29 is 9.59 Å². The van der Waals surface area contributed by atoms with Crippen molar-refractivity contribution in [2.24, 2.45) is 4.99 Å². The number of hydrogen-bond acceptors (Lipinski definition) is 7. The molecule has 2 N–H and O–H groups in total. The molecule has 1 atom stereocenters. The summed E-state index contributed by atoms with van der Waals surface area (Å²) in [5.41, 5.74) is 6.23. The zero-order valence-corrected chi connectivity index (χ0v) is 18.3. The maximum absolute atomic E-state index is 11.9. The predicted molar refractivity (Wildman–Crippen MR) is 127 cm³/mol. The summed E-state index contributed by atoms with van der Waals surface area (Å²) in [6.45, 7) is 3.52. The Morgan fingerprint density at radius 3 is 2.94 bits per heavy atom. The highest BCUT2D eigenvalue weighted by molar-refractivity contribution is 5.92. The average Bonchev–Trinajstić information content (AvgIpc) is 2.87. The van der Waals surface area contributed by atoms with Crippen molar-refractivity contribution in [2.45, 2.75) is 32.4 Å². The molecule has 4 rings (SSSR count). The highest BCUT2D eigenvalue weighted by Gasteiger charge is 2.19. The first-order chi connectivity index (χ1) is 16.1. The van der Waals surface area contributed by atoms with Crippen molar-refractivity contribution in [3.8, 4) is 6.07 Å². The van der Waals surface area contributed by atoms with Crippen LogP contribution in [0.5, 0.6) is 0 Å². The van der Waals surface area contributed by atoms with Gasteiger partial charge in [-0.1, -0.05) is 19.1 Å². The average molecular weight is 441 g/mol. The maximum atomic E-state index is 11.9. The maximum Gasteiger partial charge on any atom is 0.249 e. The van der Waals surface area contributed by atoms with Crippen LogP contribution >= 0.6 is 0 Å². The van der Waals surface area contributed by atoms with Gasteiger partial charge in [0.05, 0.1) is 17.5 Å². The lowest BCUT2D eigenvalue weighted by Gasteiger charge is -2.26. The number of nitrogens with zero attached hydrogens (tertiary/aromatic N) is 4. The fourth-order valence-electron chi connectivity index (χ4n) is 3.89. The Labute approximate surface area is 192 Å². The van der Waals surface area contributed by atoms with Crippen LogP contribution in [0.3, 0.4) is 0 Å². The Kier molecular flexibility index (Phi) is 6.63. The van der Waals surface area contributed by atoms with Gasteiger partial charge in [0.15, 0.2) is 5.94 Å². The molecule has 3 aliphatic rings. The summed E-state index contributed by atoms with van der Waals surface area (Å²) in [6.07, 6.45) is 14.9. The molecule has 8 heteroatoms. The Hall–Kier alpha value is -4.21. The Morgan fingerprint density at radius 1 is 1.39 bits per heavy atom. The van der Waals surface area contributed by atoms with E-state index in [-0.39, 0.29) is 12.5 Å². The van der Waals surface area contributed by atoms with Crippen molar-refractivity contribution in [1.29, 1.82) is 5.26 Å². The third-order valence-electron chi connectivity index (χ3n) is 5.70. The lowest BCUT2D eigenvalue weighted by Crippen LogP contribution is -2.33. The second-order valence-electron chi connectivity index (χ2n) is 7.88. The molecule has 0 saturated heterocycles. The van der Waals surface area contributed by atoms with Gasteiger partial charge in [0.2, 0.25) is 5.91 Å². The summed E-state index contributed by atoms with van der Waals surface area (Å²) in [4.78, 5) is 34.2. The van der Waals surface area contributed by atoms with Crippen LogP contribution < -0.4 is 10.6 Å². The van der Waals surface area contributed by atoms with Crippen molar-refractivity contribution in [3.05, 3.63) is 70.4 Å². The molecule has 0 fully saturated rings. The number of hydrogen-bond donors (Lipinski definition) is 2. The molecule has 33 heavy (non-hydrogen) atoms. The van der Waals surface area contributed by atoms with Gasteiger partial charge in [0.25, 0.3) is 0 Å². The molecule has 1 aromatic heterocycles. The van der Waals surface area contributed by atoms with Crippen LogP contribution in [0.1, 0.15) is 31.0 Å². The van der Waals surface area contributed by atoms with Crippen LogP contribution in [-0.2, 0) is 16.1 Å². The minimum absolute atomic E-state index is 0.0214. The van der Waals surface area contributed by atoms with Gasteiger partial charge in [-0.2, -0.15) is 5.26 Å². The summed E-state index contributed by atoms with van der Waals surface area (Å²) in [6, 6.07) is 3.32. The molecule has 0 aromatic carbocycles. The van der Waals surface area contributed by atoms with Gasteiger partial charge in [-0.3, -0.25) is 14.8 Å². The van der Waals surface area contributed by atoms with Gasteiger partial charge in [-0.05, 0) is 59.5 Å². The van der Waals surface area contributed by atoms with Gasteiger partial charge in [0.1, 0.15) is 18.3 Å². The fraction of sp³-hybridized carbons (Fsp3) is 0.280. The smallest absolute Gasteiger partial charge is 0.249 e. The first kappa shape index (κ1) is 22.0. The predicted octanol–water partition coefficient (Wildman–Crippen LogP) is 2.68. The molecule has 0 bridgehead atoms. The first-order valence-corrected chi connectivity index (χ1v) is 10.8. The van der Waals surface area contributed by atoms with Gasteiger partial charge in [-0.25, -0.2) is 4.79 Å². The minimum Gasteiger partial charge on any atom is -0.373 e. The van der Waals surface area contributed by atoms with E-state index in [0.29, 0.717) is 12.2 Å². The topological polar surface area (TPSA) is 110 Å². The van der Waals surface area contributed by atoms with E-state index >= 15 is 0 Å². The number of carbonyl (C=O) groups is 1. The SMILES string of the molecule is CCC1=Cc2ncc(CN3C=CC(=C4C=CC(C(=O)NCC#N)N=C4)CC3)cc2NC1=C=O. The normalized spacial score (nSPS) is 21.0. The molecule has 0 radical (unpaired) electrons. The molecule has 0 spiro atoms. The lowest BCUT2D eigenvalue weighted by atomic mass is 9.99. The van der Waals surface area contributed by atoms with Crippen LogP contribution in [0.2, 0.25) is 0 Å². The molecule has 4 heterocycles. The molecule has 1 unspecified atom stereocenters. The van der Waals surface area contributed by atoms with E-state index in [0.717, 1.165) is 53.1 Å². The van der Waals surface area contributed by atoms with Gasteiger partial charge >= 0.3 is 0 Å². The number of rotatable bonds is 5. The number of aromatic nitrogens is 1. The molecule has 8 nitrogen and oxygen atoms in total. The number of amides is 1. The number of nitrogens with one attached hydrogen (secondary N) is 2. The second-order valence-corrected chi connectivity index (χ2v) is 7.88. The first-order valence-electron chi connectivity index (χ1n) is 10.8. The molecular formula is C25H24N6O2. The fourth-order valence-corrected chi connectivity index (χ4v) is 3.89. The Morgan fingerprint density at radius 2 is 2.27 bits per heavy atom. The van der Waals surface area contributed by atoms with E-state index in [4.69, 9.17) is 5.26 Å². The summed E-state index contributed by atoms with van der Waals surface area (Å²) in [7, 11) is 0. The van der Waals surface area contributed by atoms with E-state index in [2.05, 4.69) is 37.8 Å². The van der Waals surface area contributed by atoms with Crippen molar-refractivity contribution in [2.75, 3.05) is 18.4 Å². The largest absolute Gasteiger partial charge is 0.373 e. The summed E-state index contributed by atoms with van der Waals surface area (Å²) < 4.78 is 0. The number of allylic oxidation sites excluding steroid dienone is 4. The number of fused-ring (bicyclic) bond motifs is 1. The van der Waals surface area contributed by atoms with Gasteiger partial charge in [0, 0.05) is 25.5 Å². The molecule has 0 saturated carbocycles. The number of anilines is 1. The second kappa shape index (κ2) is 9.94. The van der Waals surface area contributed by atoms with E-state index in [1.165, 1.54) is 0 Å². The summed E-state index contributed by atoms with van der Waals surface area (Å²) in [5, 5.41) is 14.2. The van der Waals surface area contributed by atoms with Gasteiger partial charge in [-0.15, -0.1) is 0 Å². The third-order valence-corrected chi connectivity index (χ3v) is 5.70. The van der Waals surface area contributed by atoms with E-state index in [1.807, 2.05) is 43.3 Å². The minimum atomic E-state index is -0.588. The highest BCUT2D eigenvalue weighted by Crippen LogP contribution is 2.29.